The van der Waals surface area contributed by atoms with Crippen LogP contribution in [0.15, 0.2) is 0 Å². The molecule has 0 unspecified atom stereocenters. The van der Waals surface area contributed by atoms with Crippen LogP contribution in [0.25, 0.3) is 0 Å². The molecule has 0 saturated heterocycles. The van der Waals surface area contributed by atoms with E-state index in [4.69, 9.17) is 10.5 Å². The first kappa shape index (κ1) is 25.1. The minimum absolute atomic E-state index is 0.331. The smallest absolute Gasteiger partial charge is 0.316 e. The van der Waals surface area contributed by atoms with Gasteiger partial charge in [-0.3, -0.25) is 0 Å². The van der Waals surface area contributed by atoms with E-state index in [-0.39, 0.29) is 0 Å². The fraction of sp³-hybridized carbons (Fsp3) is 0.889. The number of rotatable bonds is 14. The summed E-state index contributed by atoms with van der Waals surface area (Å²) in [6.07, 6.45) is 13.6. The lowest BCUT2D eigenvalue weighted by Gasteiger charge is -2.39. The molecule has 5 nitrogen and oxygen atoms in total. The van der Waals surface area contributed by atoms with Gasteiger partial charge in [0, 0.05) is 0 Å². The van der Waals surface area contributed by atoms with Crippen molar-refractivity contribution in [2.75, 3.05) is 26.2 Å². The minimum atomic E-state index is 0.331. The molecule has 6 heteroatoms. The molecule has 0 saturated carbocycles. The van der Waals surface area contributed by atoms with Crippen LogP contribution < -0.4 is 0 Å². The third kappa shape index (κ3) is 15.8. The van der Waals surface area contributed by atoms with Gasteiger partial charge in [-0.2, -0.15) is 0 Å². The summed E-state index contributed by atoms with van der Waals surface area (Å²) < 4.78 is 9.12. The molecule has 0 radical (unpaired) electrons. The SMILES string of the molecule is CCCC[N+](CCCC)(CCCC)CCCC.N#COSOC#N. The van der Waals surface area contributed by atoms with Gasteiger partial charge in [-0.25, -0.2) is 0 Å². The van der Waals surface area contributed by atoms with Crippen molar-refractivity contribution in [1.82, 2.24) is 0 Å². The molecule has 0 aliphatic carbocycles. The van der Waals surface area contributed by atoms with Gasteiger partial charge in [-0.05, 0) is 25.7 Å². The van der Waals surface area contributed by atoms with Gasteiger partial charge in [0.05, 0.1) is 26.2 Å². The Bertz CT molecular complexity index is 289. The molecular weight excluding hydrogens is 322 g/mol. The van der Waals surface area contributed by atoms with E-state index in [1.165, 1.54) is 94.5 Å². The molecule has 0 amide bonds. The van der Waals surface area contributed by atoms with E-state index in [1.807, 2.05) is 0 Å². The highest BCUT2D eigenvalue weighted by Crippen LogP contribution is 2.16. The maximum atomic E-state index is 7.61. The van der Waals surface area contributed by atoms with Crippen molar-refractivity contribution in [3.63, 3.8) is 0 Å². The van der Waals surface area contributed by atoms with E-state index in [0.717, 1.165) is 0 Å². The van der Waals surface area contributed by atoms with E-state index in [1.54, 1.807) is 0 Å². The standard InChI is InChI=1S/C16H36N.C2N2O2S/c1-5-9-13-17(14-10-6-2,15-11-7-3)16-12-8-4;3-1-5-7-6-2-4/h5-16H2,1-4H3;/q+1;. The van der Waals surface area contributed by atoms with E-state index >= 15 is 0 Å². The summed E-state index contributed by atoms with van der Waals surface area (Å²) in [7, 11) is 0. The van der Waals surface area contributed by atoms with Gasteiger partial charge < -0.3 is 12.8 Å². The summed E-state index contributed by atoms with van der Waals surface area (Å²) in [6, 6.07) is 0. The van der Waals surface area contributed by atoms with Crippen LogP contribution in [-0.2, 0) is 8.37 Å². The van der Waals surface area contributed by atoms with E-state index in [2.05, 4.69) is 36.1 Å². The fourth-order valence-corrected chi connectivity index (χ4v) is 2.79. The molecule has 0 aromatic carbocycles. The Morgan fingerprint density at radius 2 is 0.958 bits per heavy atom. The first-order valence-electron chi connectivity index (χ1n) is 9.28. The van der Waals surface area contributed by atoms with Crippen LogP contribution in [0.1, 0.15) is 79.1 Å². The average molecular weight is 359 g/mol. The van der Waals surface area contributed by atoms with Gasteiger partial charge in [0.1, 0.15) is 0 Å². The molecule has 0 N–H and O–H groups in total. The molecule has 0 atom stereocenters. The second kappa shape index (κ2) is 19.9. The highest BCUT2D eigenvalue weighted by molar-refractivity contribution is 7.90. The van der Waals surface area contributed by atoms with Crippen LogP contribution >= 0.6 is 12.3 Å². The lowest BCUT2D eigenvalue weighted by molar-refractivity contribution is -0.929. The molecule has 24 heavy (non-hydrogen) atoms. The molecule has 0 aromatic heterocycles. The highest BCUT2D eigenvalue weighted by atomic mass is 32.2. The Balaban J connectivity index is 0. The number of nitrogens with zero attached hydrogens (tertiary/aromatic N) is 3. The van der Waals surface area contributed by atoms with Crippen molar-refractivity contribution >= 4 is 12.3 Å². The Labute approximate surface area is 153 Å². The van der Waals surface area contributed by atoms with Gasteiger partial charge in [0.15, 0.2) is 0 Å². The molecule has 0 heterocycles. The zero-order valence-electron chi connectivity index (χ0n) is 16.1. The van der Waals surface area contributed by atoms with Gasteiger partial charge in [-0.1, -0.05) is 53.4 Å². The summed E-state index contributed by atoms with van der Waals surface area (Å²) in [5.41, 5.74) is 0. The minimum Gasteiger partial charge on any atom is -0.324 e. The van der Waals surface area contributed by atoms with E-state index in [0.29, 0.717) is 12.3 Å². The highest BCUT2D eigenvalue weighted by Gasteiger charge is 2.24. The predicted molar refractivity (Wildman–Crippen MR) is 100 cm³/mol. The van der Waals surface area contributed by atoms with E-state index in [9.17, 15) is 0 Å². The van der Waals surface area contributed by atoms with Gasteiger partial charge >= 0.3 is 24.8 Å². The average Bonchev–Trinajstić information content (AvgIpc) is 2.61. The molecule has 140 valence electrons. The number of hydrogen-bond acceptors (Lipinski definition) is 5. The van der Waals surface area contributed by atoms with E-state index < -0.39 is 0 Å². The number of quaternary nitrogens is 1. The summed E-state index contributed by atoms with van der Waals surface area (Å²) in [6.45, 7) is 15.0. The van der Waals surface area contributed by atoms with Crippen LogP contribution in [0.4, 0.5) is 0 Å². The predicted octanol–water partition coefficient (Wildman–Crippen LogP) is 5.55. The van der Waals surface area contributed by atoms with Gasteiger partial charge in [0.25, 0.3) is 0 Å². The number of unbranched alkanes of at least 4 members (excludes halogenated alkanes) is 4. The second-order valence-corrected chi connectivity index (χ2v) is 6.54. The van der Waals surface area contributed by atoms with Crippen LogP contribution in [-0.4, -0.2) is 30.7 Å². The topological polar surface area (TPSA) is 66.0 Å². The molecule has 0 fully saturated rings. The quantitative estimate of drug-likeness (QED) is 0.176. The van der Waals surface area contributed by atoms with Crippen molar-refractivity contribution in [2.24, 2.45) is 0 Å². The monoisotopic (exact) mass is 358 g/mol. The third-order valence-electron chi connectivity index (χ3n) is 4.09. The Morgan fingerprint density at radius 1 is 0.667 bits per heavy atom. The lowest BCUT2D eigenvalue weighted by Crippen LogP contribution is -2.50. The molecule has 0 spiro atoms. The Kier molecular flexibility index (Phi) is 20.9. The number of nitriles is 2. The Morgan fingerprint density at radius 3 is 1.17 bits per heavy atom. The normalized spacial score (nSPS) is 10.1. The molecule has 0 rings (SSSR count). The maximum Gasteiger partial charge on any atom is 0.316 e. The first-order chi connectivity index (χ1) is 11.7. The molecule has 0 aliphatic rings. The zero-order valence-corrected chi connectivity index (χ0v) is 16.9. The largest absolute Gasteiger partial charge is 0.324 e. The second-order valence-electron chi connectivity index (χ2n) is 6.07. The number of hydrogen-bond donors (Lipinski definition) is 0. The lowest BCUT2D eigenvalue weighted by atomic mass is 10.1. The molecular formula is C18H36N3O2S+. The van der Waals surface area contributed by atoms with Crippen molar-refractivity contribution in [3.05, 3.63) is 0 Å². The maximum absolute atomic E-state index is 7.61. The summed E-state index contributed by atoms with van der Waals surface area (Å²) in [5, 5.41) is 15.2. The molecule has 0 aromatic rings. The van der Waals surface area contributed by atoms with Gasteiger partial charge in [0.2, 0.25) is 0 Å². The van der Waals surface area contributed by atoms with Gasteiger partial charge in [-0.15, -0.1) is 10.5 Å². The summed E-state index contributed by atoms with van der Waals surface area (Å²) >= 11 is 0.331. The van der Waals surface area contributed by atoms with Crippen LogP contribution in [0.2, 0.25) is 0 Å². The summed E-state index contributed by atoms with van der Waals surface area (Å²) in [4.78, 5) is 0. The molecule has 0 bridgehead atoms. The third-order valence-corrected chi connectivity index (χ3v) is 4.37. The van der Waals surface area contributed by atoms with Crippen molar-refractivity contribution in [1.29, 1.82) is 10.5 Å². The van der Waals surface area contributed by atoms with Crippen LogP contribution in [0, 0.1) is 23.0 Å². The zero-order chi connectivity index (χ0) is 18.5. The van der Waals surface area contributed by atoms with Crippen molar-refractivity contribution < 1.29 is 12.8 Å². The van der Waals surface area contributed by atoms with Crippen molar-refractivity contribution in [3.8, 4) is 12.5 Å². The van der Waals surface area contributed by atoms with Crippen molar-refractivity contribution in [2.45, 2.75) is 79.1 Å². The molecule has 0 aliphatic heterocycles. The summed E-state index contributed by atoms with van der Waals surface area (Å²) in [5.74, 6) is 0. The van der Waals surface area contributed by atoms with Crippen LogP contribution in [0.3, 0.4) is 0 Å². The Hall–Kier alpha value is -1.11. The first-order valence-corrected chi connectivity index (χ1v) is 9.95. The van der Waals surface area contributed by atoms with Crippen LogP contribution in [0.5, 0.6) is 0 Å². The fourth-order valence-electron chi connectivity index (χ4n) is 2.69.